The van der Waals surface area contributed by atoms with Gasteiger partial charge in [0.15, 0.2) is 0 Å². The molecule has 3 aliphatic rings. The number of amides is 12. The number of H-pyrrole nitrogens is 1. The molecule has 38 nitrogen and oxygen atoms in total. The summed E-state index contributed by atoms with van der Waals surface area (Å²) in [6, 6.07) is -20.0. The van der Waals surface area contributed by atoms with Crippen molar-refractivity contribution in [3.05, 3.63) is 18.2 Å². The monoisotopic (exact) mass is 1440 g/mol. The topological polar surface area (TPSA) is 602 Å². The van der Waals surface area contributed by atoms with Crippen molar-refractivity contribution in [3.8, 4) is 0 Å². The Hall–Kier alpha value is -8.28. The molecule has 4 rings (SSSR count). The molecule has 22 N–H and O–H groups in total. The zero-order chi connectivity index (χ0) is 73.8. The standard InChI is InChI=1S/C59H95N17O21S2/c1-29(78)45(54(91)68-35(22-31-24-63-28-64-31)50(87)73-46(30(2)79)55(92)71-39(27-99)57(94)75-20-8-13-41(75)58(95)76-21-9-14-42(76)59(96)97)72-48(85)34(11-4-6-18-61)65-49(86)36(23-44(82)83)67-52(89)38(26-98)70-51(88)37(25-77)69-47(84)33(10-3-5-17-60)66-53(90)40-12-7-19-74(40)56(93)32(62)15-16-43(80)81/h24,28-30,32-42,45-46,77-79,98-99H,3-23,25-27,60-62H2,1-2H3,(H,63,64)(H,65,86)(H,66,90)(H,67,89)(H,68,91)(H,69,84)(H,70,88)(H,71,92)(H,72,85)(H,73,87)(H,80,81)(H,82,83)(H,96,97)/t29-,30-,32+,33+,34+,35+,36+,37+,38+,39+,40+,41+,42+,45+,46+/m1/s1. The quantitative estimate of drug-likeness (QED) is 0.0214. The Morgan fingerprint density at radius 2 is 0.980 bits per heavy atom. The van der Waals surface area contributed by atoms with Crippen molar-refractivity contribution < 1.29 is 103 Å². The van der Waals surface area contributed by atoms with Crippen LogP contribution in [0.4, 0.5) is 0 Å². The van der Waals surface area contributed by atoms with Gasteiger partial charge in [0.25, 0.3) is 0 Å². The molecule has 0 saturated carbocycles. The molecule has 1 aromatic rings. The normalized spacial score (nSPS) is 19.5. The number of carbonyl (C=O) groups is 15. The molecule has 0 bridgehead atoms. The number of aliphatic hydroxyl groups excluding tert-OH is 3. The van der Waals surface area contributed by atoms with Crippen LogP contribution in [0.1, 0.15) is 116 Å². The Morgan fingerprint density at radius 1 is 0.535 bits per heavy atom. The number of likely N-dealkylation sites (tertiary alicyclic amines) is 3. The minimum absolute atomic E-state index is 0.0410. The van der Waals surface area contributed by atoms with Crippen molar-refractivity contribution in [1.29, 1.82) is 0 Å². The molecule has 3 saturated heterocycles. The summed E-state index contributed by atoms with van der Waals surface area (Å²) in [4.78, 5) is 212. The Labute approximate surface area is 580 Å². The second kappa shape index (κ2) is 41.3. The molecule has 0 aromatic carbocycles. The fraction of sp³-hybridized carbons (Fsp3) is 0.695. The maximum atomic E-state index is 14.2. The third kappa shape index (κ3) is 25.1. The summed E-state index contributed by atoms with van der Waals surface area (Å²) in [5, 5.41) is 82.0. The summed E-state index contributed by atoms with van der Waals surface area (Å²) in [6.45, 7) is 1.79. The van der Waals surface area contributed by atoms with Gasteiger partial charge in [-0.05, 0) is 110 Å². The number of aromatic nitrogens is 2. The molecule has 15 atom stereocenters. The lowest BCUT2D eigenvalue weighted by Crippen LogP contribution is -2.63. The van der Waals surface area contributed by atoms with Crippen LogP contribution >= 0.6 is 25.3 Å². The first kappa shape index (κ1) is 83.1. The molecule has 0 unspecified atom stereocenters. The highest BCUT2D eigenvalue weighted by atomic mass is 32.1. The molecule has 40 heteroatoms. The second-order valence-electron chi connectivity index (χ2n) is 24.3. The van der Waals surface area contributed by atoms with E-state index >= 15 is 0 Å². The van der Waals surface area contributed by atoms with Gasteiger partial charge in [-0.25, -0.2) is 9.78 Å². The fourth-order valence-corrected chi connectivity index (χ4v) is 11.9. The zero-order valence-electron chi connectivity index (χ0n) is 55.0. The average molecular weight is 1440 g/mol. The molecule has 3 fully saturated rings. The van der Waals surface area contributed by atoms with Gasteiger partial charge in [0.05, 0.1) is 43.3 Å². The number of nitrogens with two attached hydrogens (primary N) is 3. The number of aromatic amines is 1. The van der Waals surface area contributed by atoms with Crippen LogP contribution in [-0.2, 0) is 78.3 Å². The Kier molecular flexibility index (Phi) is 34.7. The van der Waals surface area contributed by atoms with E-state index in [9.17, 15) is 97.5 Å². The lowest BCUT2D eigenvalue weighted by molar-refractivity contribution is -0.152. The number of aliphatic hydroxyl groups is 3. The molecule has 1 aromatic heterocycles. The van der Waals surface area contributed by atoms with Gasteiger partial charge in [-0.1, -0.05) is 0 Å². The lowest BCUT2D eigenvalue weighted by Gasteiger charge is -2.32. The summed E-state index contributed by atoms with van der Waals surface area (Å²) >= 11 is 8.37. The van der Waals surface area contributed by atoms with Crippen molar-refractivity contribution in [2.75, 3.05) is 50.8 Å². The van der Waals surface area contributed by atoms with Crippen molar-refractivity contribution in [3.63, 3.8) is 0 Å². The van der Waals surface area contributed by atoms with E-state index in [-0.39, 0.29) is 102 Å². The SMILES string of the molecule is C[C@@H](O)[C@H](NC(=O)[C@H](CCCCN)NC(=O)[C@H](CC(=O)O)NC(=O)[C@H](CS)NC(=O)[C@H](CO)NC(=O)[C@H](CCCCN)NC(=O)[C@@H]1CCCN1C(=O)[C@@H](N)CCC(=O)O)C(=O)N[C@@H](Cc1c[nH]cn1)C(=O)N[C@H](C(=O)N[C@@H](CS)C(=O)N1CCC[C@H]1C(=O)N1CCC[C@H]1C(=O)O)[C@@H](C)O. The Morgan fingerprint density at radius 3 is 1.48 bits per heavy atom. The molecule has 554 valence electrons. The highest BCUT2D eigenvalue weighted by Gasteiger charge is 2.45. The van der Waals surface area contributed by atoms with Crippen molar-refractivity contribution in [2.45, 2.75) is 207 Å². The number of hydrogen-bond acceptors (Lipinski definition) is 24. The lowest BCUT2D eigenvalue weighted by atomic mass is 10.0. The highest BCUT2D eigenvalue weighted by molar-refractivity contribution is 7.80. The number of imidazole rings is 1. The van der Waals surface area contributed by atoms with Crippen LogP contribution in [0, 0.1) is 0 Å². The van der Waals surface area contributed by atoms with Gasteiger partial charge in [0, 0.05) is 50.2 Å². The van der Waals surface area contributed by atoms with Gasteiger partial charge in [0.2, 0.25) is 70.9 Å². The van der Waals surface area contributed by atoms with Crippen LogP contribution in [0.5, 0.6) is 0 Å². The predicted molar refractivity (Wildman–Crippen MR) is 353 cm³/mol. The van der Waals surface area contributed by atoms with E-state index in [1.165, 1.54) is 27.2 Å². The third-order valence-electron chi connectivity index (χ3n) is 16.8. The first-order valence-corrected chi connectivity index (χ1v) is 33.8. The predicted octanol–water partition coefficient (Wildman–Crippen LogP) is -8.09. The van der Waals surface area contributed by atoms with E-state index in [0.717, 1.165) is 13.8 Å². The molecule has 0 radical (unpaired) electrons. The van der Waals surface area contributed by atoms with Gasteiger partial charge in [-0.3, -0.25) is 67.1 Å². The number of carboxylic acid groups (broad SMARTS) is 3. The third-order valence-corrected chi connectivity index (χ3v) is 17.5. The smallest absolute Gasteiger partial charge is 0.326 e. The number of unbranched alkanes of at least 4 members (excludes halogenated alkanes) is 2. The number of rotatable bonds is 42. The fourth-order valence-electron chi connectivity index (χ4n) is 11.4. The summed E-state index contributed by atoms with van der Waals surface area (Å²) < 4.78 is 0. The van der Waals surface area contributed by atoms with E-state index in [2.05, 4.69) is 83.1 Å². The Balaban J connectivity index is 1.47. The summed E-state index contributed by atoms with van der Waals surface area (Å²) in [5.41, 5.74) is 17.5. The maximum absolute atomic E-state index is 14.2. The van der Waals surface area contributed by atoms with Crippen LogP contribution in [0.25, 0.3) is 0 Å². The summed E-state index contributed by atoms with van der Waals surface area (Å²) in [6.07, 6.45) is -0.485. The number of thiol groups is 2. The largest absolute Gasteiger partial charge is 0.481 e. The zero-order valence-corrected chi connectivity index (χ0v) is 56.8. The number of nitrogens with one attached hydrogen (secondary N) is 10. The van der Waals surface area contributed by atoms with Crippen molar-refractivity contribution in [2.24, 2.45) is 17.2 Å². The molecular weight excluding hydrogens is 1350 g/mol. The van der Waals surface area contributed by atoms with Crippen LogP contribution in [0.15, 0.2) is 12.5 Å². The highest BCUT2D eigenvalue weighted by Crippen LogP contribution is 2.26. The molecular formula is C59H95N17O21S2. The molecule has 0 spiro atoms. The van der Waals surface area contributed by atoms with Crippen LogP contribution < -0.4 is 65.1 Å². The van der Waals surface area contributed by atoms with E-state index < -0.39 is 211 Å². The van der Waals surface area contributed by atoms with Gasteiger partial charge in [0.1, 0.15) is 72.5 Å². The van der Waals surface area contributed by atoms with Crippen LogP contribution in [-0.4, -0.2) is 286 Å². The molecule has 99 heavy (non-hydrogen) atoms. The number of carboxylic acids is 3. The van der Waals surface area contributed by atoms with Gasteiger partial charge < -0.3 is 115 Å². The van der Waals surface area contributed by atoms with Crippen LogP contribution in [0.2, 0.25) is 0 Å². The number of carbonyl (C=O) groups excluding carboxylic acids is 12. The maximum Gasteiger partial charge on any atom is 0.326 e. The molecule has 3 aliphatic heterocycles. The second-order valence-corrected chi connectivity index (χ2v) is 25.0. The first-order chi connectivity index (χ1) is 46.9. The summed E-state index contributed by atoms with van der Waals surface area (Å²) in [5.74, 6) is -17.0. The number of hydrogen-bond donors (Lipinski definition) is 21. The summed E-state index contributed by atoms with van der Waals surface area (Å²) in [7, 11) is 0. The average Bonchev–Trinajstić information content (AvgIpc) is 1.70. The van der Waals surface area contributed by atoms with Gasteiger partial charge in [-0.15, -0.1) is 0 Å². The van der Waals surface area contributed by atoms with E-state index in [1.807, 2.05) is 0 Å². The number of aliphatic carboxylic acids is 3. The van der Waals surface area contributed by atoms with Crippen molar-refractivity contribution in [1.82, 2.24) is 72.5 Å². The molecule has 0 aliphatic carbocycles. The number of nitrogens with zero attached hydrogens (tertiary/aromatic N) is 4. The van der Waals surface area contributed by atoms with Crippen LogP contribution in [0.3, 0.4) is 0 Å². The van der Waals surface area contributed by atoms with E-state index in [1.54, 1.807) is 0 Å². The molecule has 12 amide bonds. The van der Waals surface area contributed by atoms with Crippen molar-refractivity contribution >= 4 is 114 Å². The minimum atomic E-state index is -2.02. The van der Waals surface area contributed by atoms with E-state index in [4.69, 9.17) is 22.3 Å². The minimum Gasteiger partial charge on any atom is -0.481 e. The van der Waals surface area contributed by atoms with Gasteiger partial charge >= 0.3 is 17.9 Å². The van der Waals surface area contributed by atoms with E-state index in [0.29, 0.717) is 25.7 Å². The molecule has 4 heterocycles. The van der Waals surface area contributed by atoms with Gasteiger partial charge in [-0.2, -0.15) is 25.3 Å². The first-order valence-electron chi connectivity index (χ1n) is 32.6. The Bertz CT molecular complexity index is 2990.